The number of carbonyl (C=O) groups is 3. The first-order chi connectivity index (χ1) is 14.4. The van der Waals surface area contributed by atoms with Gasteiger partial charge >= 0.3 is 5.97 Å². The number of ether oxygens (including phenoxy) is 1. The van der Waals surface area contributed by atoms with Crippen molar-refractivity contribution in [3.05, 3.63) is 45.4 Å². The third-order valence-electron chi connectivity index (χ3n) is 6.76. The van der Waals surface area contributed by atoms with Crippen molar-refractivity contribution >= 4 is 28.9 Å². The second kappa shape index (κ2) is 8.88. The molecule has 4 rings (SSSR count). The molecule has 1 unspecified atom stereocenters. The van der Waals surface area contributed by atoms with Crippen LogP contribution in [0.15, 0.2) is 23.6 Å². The number of esters is 1. The smallest absolute Gasteiger partial charge is 0.309 e. The predicted molar refractivity (Wildman–Crippen MR) is 116 cm³/mol. The number of aromatic nitrogens is 1. The monoisotopic (exact) mass is 427 g/mol. The molecule has 0 N–H and O–H groups in total. The summed E-state index contributed by atoms with van der Waals surface area (Å²) in [5.74, 6) is -0.383. The van der Waals surface area contributed by atoms with Crippen LogP contribution in [0.1, 0.15) is 58.7 Å². The number of thiophene rings is 1. The molecule has 2 fully saturated rings. The van der Waals surface area contributed by atoms with E-state index in [1.54, 1.807) is 11.3 Å². The molecule has 2 aromatic rings. The molecule has 0 radical (unpaired) electrons. The predicted octanol–water partition coefficient (Wildman–Crippen LogP) is 4.53. The number of Topliss-reactive ketones (excluding diaryl/α,β-unsaturated/α-hetero) is 2. The number of carbonyl (C=O) groups excluding carboxylic acids is 3. The van der Waals surface area contributed by atoms with Crippen molar-refractivity contribution in [3.63, 3.8) is 0 Å². The maximum Gasteiger partial charge on any atom is 0.309 e. The summed E-state index contributed by atoms with van der Waals surface area (Å²) < 4.78 is 7.57. The van der Waals surface area contributed by atoms with Crippen LogP contribution in [0, 0.1) is 31.6 Å². The molecule has 0 amide bonds. The Labute approximate surface area is 181 Å². The summed E-state index contributed by atoms with van der Waals surface area (Å²) in [5.41, 5.74) is 2.59. The van der Waals surface area contributed by atoms with Gasteiger partial charge < -0.3 is 9.30 Å². The van der Waals surface area contributed by atoms with Gasteiger partial charge in [0.2, 0.25) is 5.78 Å². The standard InChI is InChI=1S/C24H29NO4S/c1-15-11-21(16(2)25(15)9-8-20-7-4-10-30-20)22(26)14-29-24(28)19-12-17-5-3-6-18(13-19)23(17)27/h4,7,10-11,17-19H,3,5-6,8-9,12-14H2,1-2H3/t17-,18+,19?. The Balaban J connectivity index is 1.34. The minimum absolute atomic E-state index is 0.00743. The summed E-state index contributed by atoms with van der Waals surface area (Å²) >= 11 is 1.74. The minimum Gasteiger partial charge on any atom is -0.457 e. The van der Waals surface area contributed by atoms with Gasteiger partial charge in [0.15, 0.2) is 6.61 Å². The average Bonchev–Trinajstić information content (AvgIpc) is 3.32. The van der Waals surface area contributed by atoms with Crippen LogP contribution < -0.4 is 0 Å². The molecule has 2 aromatic heterocycles. The quantitative estimate of drug-likeness (QED) is 0.481. The largest absolute Gasteiger partial charge is 0.457 e. The lowest BCUT2D eigenvalue weighted by Crippen LogP contribution is -2.39. The van der Waals surface area contributed by atoms with Crippen molar-refractivity contribution in [2.45, 2.75) is 58.9 Å². The topological polar surface area (TPSA) is 65.4 Å². The molecule has 0 spiro atoms. The van der Waals surface area contributed by atoms with E-state index >= 15 is 0 Å². The Morgan fingerprint density at radius 1 is 1.20 bits per heavy atom. The second-order valence-electron chi connectivity index (χ2n) is 8.69. The lowest BCUT2D eigenvalue weighted by molar-refractivity contribution is -0.152. The van der Waals surface area contributed by atoms with E-state index in [1.807, 2.05) is 26.0 Å². The van der Waals surface area contributed by atoms with E-state index in [0.717, 1.165) is 43.6 Å². The van der Waals surface area contributed by atoms with Gasteiger partial charge in [-0.3, -0.25) is 14.4 Å². The average molecular weight is 428 g/mol. The molecule has 0 saturated heterocycles. The van der Waals surface area contributed by atoms with Crippen LogP contribution in [0.5, 0.6) is 0 Å². The van der Waals surface area contributed by atoms with Gasteiger partial charge in [0.25, 0.3) is 0 Å². The highest BCUT2D eigenvalue weighted by molar-refractivity contribution is 7.09. The number of aryl methyl sites for hydroxylation is 2. The molecule has 2 saturated carbocycles. The van der Waals surface area contributed by atoms with Gasteiger partial charge in [0.05, 0.1) is 5.92 Å². The van der Waals surface area contributed by atoms with Gasteiger partial charge in [-0.2, -0.15) is 0 Å². The maximum atomic E-state index is 12.8. The molecule has 2 aliphatic rings. The molecular formula is C24H29NO4S. The first kappa shape index (κ1) is 21.0. The molecule has 6 heteroatoms. The number of rotatable bonds is 7. The van der Waals surface area contributed by atoms with E-state index in [1.165, 1.54) is 4.88 Å². The zero-order chi connectivity index (χ0) is 21.3. The molecule has 160 valence electrons. The van der Waals surface area contributed by atoms with Crippen molar-refractivity contribution < 1.29 is 19.1 Å². The Morgan fingerprint density at radius 3 is 2.60 bits per heavy atom. The Hall–Kier alpha value is -2.21. The zero-order valence-corrected chi connectivity index (χ0v) is 18.5. The number of ketones is 2. The third kappa shape index (κ3) is 4.29. The molecule has 3 atom stereocenters. The highest BCUT2D eigenvalue weighted by atomic mass is 32.1. The van der Waals surface area contributed by atoms with Crippen molar-refractivity contribution in [2.24, 2.45) is 17.8 Å². The van der Waals surface area contributed by atoms with Crippen LogP contribution in [-0.4, -0.2) is 28.7 Å². The summed E-state index contributed by atoms with van der Waals surface area (Å²) in [5, 5.41) is 2.07. The molecule has 0 aliphatic heterocycles. The van der Waals surface area contributed by atoms with Crippen LogP contribution >= 0.6 is 11.3 Å². The van der Waals surface area contributed by atoms with Gasteiger partial charge in [-0.05, 0) is 63.5 Å². The molecular weight excluding hydrogens is 398 g/mol. The lowest BCUT2D eigenvalue weighted by Gasteiger charge is -2.36. The van der Waals surface area contributed by atoms with Gasteiger partial charge in [0, 0.05) is 40.2 Å². The number of hydrogen-bond acceptors (Lipinski definition) is 5. The fourth-order valence-corrected chi connectivity index (χ4v) is 5.81. The van der Waals surface area contributed by atoms with E-state index in [9.17, 15) is 14.4 Å². The van der Waals surface area contributed by atoms with Crippen LogP contribution in [-0.2, 0) is 27.3 Å². The highest BCUT2D eigenvalue weighted by Crippen LogP contribution is 2.40. The first-order valence-electron chi connectivity index (χ1n) is 10.9. The Bertz CT molecular complexity index is 927. The van der Waals surface area contributed by atoms with E-state index in [2.05, 4.69) is 16.0 Å². The summed E-state index contributed by atoms with van der Waals surface area (Å²) in [6, 6.07) is 6.06. The fourth-order valence-electron chi connectivity index (χ4n) is 5.11. The summed E-state index contributed by atoms with van der Waals surface area (Å²) in [4.78, 5) is 38.9. The second-order valence-corrected chi connectivity index (χ2v) is 9.72. The van der Waals surface area contributed by atoms with E-state index in [0.29, 0.717) is 24.2 Å². The number of nitrogens with zero attached hydrogens (tertiary/aromatic N) is 1. The Morgan fingerprint density at radius 2 is 1.93 bits per heavy atom. The van der Waals surface area contributed by atoms with E-state index in [-0.39, 0.29) is 36.1 Å². The maximum absolute atomic E-state index is 12.8. The van der Waals surface area contributed by atoms with Crippen LogP contribution in [0.4, 0.5) is 0 Å². The molecule has 2 bridgehead atoms. The summed E-state index contributed by atoms with van der Waals surface area (Å²) in [6.45, 7) is 4.55. The Kier molecular flexibility index (Phi) is 6.23. The zero-order valence-electron chi connectivity index (χ0n) is 17.7. The van der Waals surface area contributed by atoms with Gasteiger partial charge in [0.1, 0.15) is 5.78 Å². The van der Waals surface area contributed by atoms with Gasteiger partial charge in [-0.1, -0.05) is 12.5 Å². The normalized spacial score (nSPS) is 23.4. The van der Waals surface area contributed by atoms with Gasteiger partial charge in [-0.15, -0.1) is 11.3 Å². The van der Waals surface area contributed by atoms with Crippen molar-refractivity contribution in [2.75, 3.05) is 6.61 Å². The molecule has 5 nitrogen and oxygen atoms in total. The molecule has 2 aliphatic carbocycles. The summed E-state index contributed by atoms with van der Waals surface area (Å²) in [6.07, 6.45) is 4.94. The third-order valence-corrected chi connectivity index (χ3v) is 7.70. The van der Waals surface area contributed by atoms with Crippen molar-refractivity contribution in [1.82, 2.24) is 4.57 Å². The van der Waals surface area contributed by atoms with Crippen molar-refractivity contribution in [1.29, 1.82) is 0 Å². The first-order valence-corrected chi connectivity index (χ1v) is 11.7. The lowest BCUT2D eigenvalue weighted by atomic mass is 9.67. The van der Waals surface area contributed by atoms with Gasteiger partial charge in [-0.25, -0.2) is 0 Å². The molecule has 0 aromatic carbocycles. The van der Waals surface area contributed by atoms with Crippen LogP contribution in [0.3, 0.4) is 0 Å². The minimum atomic E-state index is -0.320. The number of fused-ring (bicyclic) bond motifs is 2. The molecule has 2 heterocycles. The van der Waals surface area contributed by atoms with Crippen molar-refractivity contribution in [3.8, 4) is 0 Å². The highest BCUT2D eigenvalue weighted by Gasteiger charge is 2.41. The summed E-state index contributed by atoms with van der Waals surface area (Å²) in [7, 11) is 0. The van der Waals surface area contributed by atoms with Crippen LogP contribution in [0.25, 0.3) is 0 Å². The van der Waals surface area contributed by atoms with E-state index < -0.39 is 0 Å². The number of hydrogen-bond donors (Lipinski definition) is 0. The van der Waals surface area contributed by atoms with Crippen LogP contribution in [0.2, 0.25) is 0 Å². The van der Waals surface area contributed by atoms with E-state index in [4.69, 9.17) is 4.74 Å². The molecule has 30 heavy (non-hydrogen) atoms. The SMILES string of the molecule is Cc1cc(C(=O)COC(=O)C2C[C@H]3CCC[C@@H](C2)C3=O)c(C)n1CCc1cccs1. The fraction of sp³-hybridized carbons (Fsp3) is 0.542.